The summed E-state index contributed by atoms with van der Waals surface area (Å²) < 4.78 is 5.40. The molecule has 2 aliphatic heterocycles. The fourth-order valence-corrected chi connectivity index (χ4v) is 3.07. The second-order valence-electron chi connectivity index (χ2n) is 5.24. The Balaban J connectivity index is 1.81. The van der Waals surface area contributed by atoms with Crippen LogP contribution in [0.5, 0.6) is 5.75 Å². The minimum absolute atomic E-state index is 0.835. The van der Waals surface area contributed by atoms with Crippen LogP contribution in [0.4, 0.5) is 5.69 Å². The molecule has 2 atom stereocenters. The van der Waals surface area contributed by atoms with E-state index in [1.807, 2.05) is 0 Å². The number of aryl methyl sites for hydroxylation is 1. The van der Waals surface area contributed by atoms with Crippen molar-refractivity contribution in [2.24, 2.45) is 11.8 Å². The molecular weight excluding hydrogens is 212 g/mol. The number of nitrogens with one attached hydrogen (secondary N) is 1. The van der Waals surface area contributed by atoms with Crippen LogP contribution in [0.25, 0.3) is 0 Å². The Kier molecular flexibility index (Phi) is 2.71. The summed E-state index contributed by atoms with van der Waals surface area (Å²) in [5, 5.41) is 3.48. The van der Waals surface area contributed by atoms with Gasteiger partial charge in [-0.15, -0.1) is 0 Å². The monoisotopic (exact) mass is 232 g/mol. The Morgan fingerprint density at radius 3 is 2.59 bits per heavy atom. The summed E-state index contributed by atoms with van der Waals surface area (Å²) in [6.45, 7) is 6.83. The van der Waals surface area contributed by atoms with Gasteiger partial charge in [-0.05, 0) is 30.4 Å². The molecule has 1 aromatic carbocycles. The summed E-state index contributed by atoms with van der Waals surface area (Å²) in [6, 6.07) is 6.54. The third-order valence-corrected chi connectivity index (χ3v) is 4.15. The standard InChI is InChI=1S/C14H20N2O/c1-10-3-4-13(5-14(10)17-2)16-8-11-6-15-7-12(11)9-16/h3-5,11-12,15H,6-9H2,1-2H3. The number of methoxy groups -OCH3 is 1. The molecular formula is C14H20N2O. The molecule has 17 heavy (non-hydrogen) atoms. The van der Waals surface area contributed by atoms with Crippen molar-refractivity contribution in [3.63, 3.8) is 0 Å². The van der Waals surface area contributed by atoms with Gasteiger partial charge in [0.1, 0.15) is 5.75 Å². The average Bonchev–Trinajstić information content (AvgIpc) is 2.90. The quantitative estimate of drug-likeness (QED) is 0.839. The molecule has 2 unspecified atom stereocenters. The van der Waals surface area contributed by atoms with Crippen LogP contribution in [-0.2, 0) is 0 Å². The molecule has 3 rings (SSSR count). The molecule has 1 aromatic rings. The fourth-order valence-electron chi connectivity index (χ4n) is 3.07. The maximum absolute atomic E-state index is 5.40. The van der Waals surface area contributed by atoms with E-state index in [0.717, 1.165) is 17.6 Å². The van der Waals surface area contributed by atoms with E-state index in [4.69, 9.17) is 4.74 Å². The number of rotatable bonds is 2. The number of hydrogen-bond donors (Lipinski definition) is 1. The van der Waals surface area contributed by atoms with Gasteiger partial charge in [0.05, 0.1) is 7.11 Å². The summed E-state index contributed by atoms with van der Waals surface area (Å²) in [7, 11) is 1.74. The lowest BCUT2D eigenvalue weighted by molar-refractivity contribution is 0.411. The van der Waals surface area contributed by atoms with E-state index in [2.05, 4.69) is 35.3 Å². The first-order valence-corrected chi connectivity index (χ1v) is 6.38. The SMILES string of the molecule is COc1cc(N2CC3CNCC3C2)ccc1C. The number of hydrogen-bond acceptors (Lipinski definition) is 3. The second kappa shape index (κ2) is 4.22. The molecule has 92 valence electrons. The van der Waals surface area contributed by atoms with Gasteiger partial charge in [-0.2, -0.15) is 0 Å². The van der Waals surface area contributed by atoms with Crippen LogP contribution in [0.1, 0.15) is 5.56 Å². The number of ether oxygens (including phenoxy) is 1. The zero-order valence-electron chi connectivity index (χ0n) is 10.6. The Bertz CT molecular complexity index is 407. The molecule has 0 radical (unpaired) electrons. The maximum atomic E-state index is 5.40. The summed E-state index contributed by atoms with van der Waals surface area (Å²) in [5.74, 6) is 2.67. The molecule has 1 N–H and O–H groups in total. The van der Waals surface area contributed by atoms with Crippen LogP contribution in [0.15, 0.2) is 18.2 Å². The van der Waals surface area contributed by atoms with Crippen molar-refractivity contribution in [3.05, 3.63) is 23.8 Å². The van der Waals surface area contributed by atoms with Gasteiger partial charge in [-0.1, -0.05) is 6.07 Å². The number of benzene rings is 1. The van der Waals surface area contributed by atoms with Gasteiger partial charge in [-0.3, -0.25) is 0 Å². The lowest BCUT2D eigenvalue weighted by Gasteiger charge is -2.21. The zero-order valence-corrected chi connectivity index (χ0v) is 10.6. The highest BCUT2D eigenvalue weighted by Crippen LogP contribution is 2.32. The van der Waals surface area contributed by atoms with Gasteiger partial charge in [-0.25, -0.2) is 0 Å². The van der Waals surface area contributed by atoms with Crippen LogP contribution in [0.2, 0.25) is 0 Å². The van der Waals surface area contributed by atoms with Gasteiger partial charge in [0, 0.05) is 37.9 Å². The van der Waals surface area contributed by atoms with E-state index in [9.17, 15) is 0 Å². The molecule has 2 heterocycles. The van der Waals surface area contributed by atoms with Crippen LogP contribution in [-0.4, -0.2) is 33.3 Å². The molecule has 2 saturated heterocycles. The highest BCUT2D eigenvalue weighted by Gasteiger charge is 2.36. The lowest BCUT2D eigenvalue weighted by Crippen LogP contribution is -2.25. The van der Waals surface area contributed by atoms with Crippen molar-refractivity contribution in [1.29, 1.82) is 0 Å². The van der Waals surface area contributed by atoms with Crippen LogP contribution in [0.3, 0.4) is 0 Å². The number of nitrogens with zero attached hydrogens (tertiary/aromatic N) is 1. The molecule has 2 fully saturated rings. The fraction of sp³-hybridized carbons (Fsp3) is 0.571. The summed E-state index contributed by atoms with van der Waals surface area (Å²) in [4.78, 5) is 2.50. The van der Waals surface area contributed by atoms with E-state index in [1.54, 1.807) is 7.11 Å². The average molecular weight is 232 g/mol. The second-order valence-corrected chi connectivity index (χ2v) is 5.24. The molecule has 0 spiro atoms. The summed E-state index contributed by atoms with van der Waals surface area (Å²) in [5.41, 5.74) is 2.51. The van der Waals surface area contributed by atoms with Crippen molar-refractivity contribution in [3.8, 4) is 5.75 Å². The van der Waals surface area contributed by atoms with Crippen molar-refractivity contribution < 1.29 is 4.74 Å². The van der Waals surface area contributed by atoms with E-state index < -0.39 is 0 Å². The van der Waals surface area contributed by atoms with Gasteiger partial charge in [0.15, 0.2) is 0 Å². The first-order valence-electron chi connectivity index (χ1n) is 6.38. The Morgan fingerprint density at radius 1 is 1.24 bits per heavy atom. The highest BCUT2D eigenvalue weighted by molar-refractivity contribution is 5.54. The van der Waals surface area contributed by atoms with Crippen molar-refractivity contribution in [1.82, 2.24) is 5.32 Å². The molecule has 3 nitrogen and oxygen atoms in total. The molecule has 3 heteroatoms. The van der Waals surface area contributed by atoms with Gasteiger partial charge in [0.25, 0.3) is 0 Å². The summed E-state index contributed by atoms with van der Waals surface area (Å²) in [6.07, 6.45) is 0. The van der Waals surface area contributed by atoms with E-state index in [-0.39, 0.29) is 0 Å². The maximum Gasteiger partial charge on any atom is 0.123 e. The van der Waals surface area contributed by atoms with Crippen molar-refractivity contribution in [2.75, 3.05) is 38.2 Å². The van der Waals surface area contributed by atoms with Crippen LogP contribution in [0, 0.1) is 18.8 Å². The summed E-state index contributed by atoms with van der Waals surface area (Å²) >= 11 is 0. The Hall–Kier alpha value is -1.22. The minimum atomic E-state index is 0.835. The van der Waals surface area contributed by atoms with E-state index >= 15 is 0 Å². The van der Waals surface area contributed by atoms with Gasteiger partial charge < -0.3 is 15.0 Å². The molecule has 0 aliphatic carbocycles. The minimum Gasteiger partial charge on any atom is -0.496 e. The topological polar surface area (TPSA) is 24.5 Å². The number of anilines is 1. The molecule has 0 bridgehead atoms. The van der Waals surface area contributed by atoms with Crippen LogP contribution < -0.4 is 15.0 Å². The zero-order chi connectivity index (χ0) is 11.8. The third kappa shape index (κ3) is 1.89. The lowest BCUT2D eigenvalue weighted by atomic mass is 10.0. The molecule has 0 amide bonds. The normalized spacial score (nSPS) is 27.3. The Morgan fingerprint density at radius 2 is 1.94 bits per heavy atom. The molecule has 0 aromatic heterocycles. The molecule has 2 aliphatic rings. The van der Waals surface area contributed by atoms with Crippen LogP contribution >= 0.6 is 0 Å². The first kappa shape index (κ1) is 10.9. The number of fused-ring (bicyclic) bond motifs is 1. The molecule has 0 saturated carbocycles. The largest absolute Gasteiger partial charge is 0.496 e. The van der Waals surface area contributed by atoms with Gasteiger partial charge >= 0.3 is 0 Å². The predicted octanol–water partition coefficient (Wildman–Crippen LogP) is 1.66. The van der Waals surface area contributed by atoms with E-state index in [1.165, 1.54) is 37.4 Å². The smallest absolute Gasteiger partial charge is 0.123 e. The van der Waals surface area contributed by atoms with Gasteiger partial charge in [0.2, 0.25) is 0 Å². The van der Waals surface area contributed by atoms with Crippen molar-refractivity contribution in [2.45, 2.75) is 6.92 Å². The predicted molar refractivity (Wildman–Crippen MR) is 69.8 cm³/mol. The first-order chi connectivity index (χ1) is 8.28. The van der Waals surface area contributed by atoms with Crippen molar-refractivity contribution >= 4 is 5.69 Å². The third-order valence-electron chi connectivity index (χ3n) is 4.15. The van der Waals surface area contributed by atoms with E-state index in [0.29, 0.717) is 0 Å². The Labute approximate surface area is 103 Å². The highest BCUT2D eigenvalue weighted by atomic mass is 16.5.